The summed E-state index contributed by atoms with van der Waals surface area (Å²) >= 11 is 6.14. The van der Waals surface area contributed by atoms with E-state index in [-0.39, 0.29) is 17.5 Å². The van der Waals surface area contributed by atoms with E-state index in [4.69, 9.17) is 21.1 Å². The number of rotatable bonds is 6. The standard InChI is InChI=1S/C19H20ClNO4/c1-4-24-19(23)14-9-10-16(15(20)11-14)21-18(22)13(3)25-17-8-6-5-7-12(17)2/h5-11,13H,4H2,1-3H3,(H,21,22)/t13-/m1/s1. The van der Waals surface area contributed by atoms with Gasteiger partial charge in [-0.15, -0.1) is 0 Å². The molecule has 0 saturated carbocycles. The van der Waals surface area contributed by atoms with Crippen molar-refractivity contribution in [3.05, 3.63) is 58.6 Å². The van der Waals surface area contributed by atoms with Crippen molar-refractivity contribution >= 4 is 29.2 Å². The van der Waals surface area contributed by atoms with E-state index in [9.17, 15) is 9.59 Å². The summed E-state index contributed by atoms with van der Waals surface area (Å²) in [7, 11) is 0. The number of amides is 1. The SMILES string of the molecule is CCOC(=O)c1ccc(NC(=O)[C@@H](C)Oc2ccccc2C)c(Cl)c1. The first-order valence-electron chi connectivity index (χ1n) is 7.92. The second-order valence-electron chi connectivity index (χ2n) is 5.43. The number of halogens is 1. The van der Waals surface area contributed by atoms with Gasteiger partial charge in [-0.2, -0.15) is 0 Å². The molecule has 2 aromatic rings. The maximum Gasteiger partial charge on any atom is 0.338 e. The van der Waals surface area contributed by atoms with E-state index in [0.29, 0.717) is 17.0 Å². The molecule has 1 N–H and O–H groups in total. The molecule has 0 aliphatic carbocycles. The average Bonchev–Trinajstić information content (AvgIpc) is 2.58. The molecule has 1 amide bonds. The van der Waals surface area contributed by atoms with Gasteiger partial charge in [0.1, 0.15) is 5.75 Å². The summed E-state index contributed by atoms with van der Waals surface area (Å²) in [5, 5.41) is 2.95. The lowest BCUT2D eigenvalue weighted by molar-refractivity contribution is -0.122. The Morgan fingerprint density at radius 2 is 1.92 bits per heavy atom. The molecule has 0 heterocycles. The molecule has 0 unspecified atom stereocenters. The fraction of sp³-hybridized carbons (Fsp3) is 0.263. The topological polar surface area (TPSA) is 64.6 Å². The molecule has 0 aliphatic heterocycles. The van der Waals surface area contributed by atoms with Gasteiger partial charge in [0.25, 0.3) is 5.91 Å². The zero-order valence-electron chi connectivity index (χ0n) is 14.3. The fourth-order valence-corrected chi connectivity index (χ4v) is 2.35. The summed E-state index contributed by atoms with van der Waals surface area (Å²) < 4.78 is 10.6. The maximum atomic E-state index is 12.3. The second kappa shape index (κ2) is 8.53. The zero-order valence-corrected chi connectivity index (χ0v) is 15.1. The molecule has 25 heavy (non-hydrogen) atoms. The van der Waals surface area contributed by atoms with Gasteiger partial charge < -0.3 is 14.8 Å². The molecule has 0 radical (unpaired) electrons. The molecule has 2 aromatic carbocycles. The molecule has 0 aromatic heterocycles. The predicted molar refractivity (Wildman–Crippen MR) is 97.3 cm³/mol. The summed E-state index contributed by atoms with van der Waals surface area (Å²) in [4.78, 5) is 24.0. The Bertz CT molecular complexity index is 776. The zero-order chi connectivity index (χ0) is 18.4. The van der Waals surface area contributed by atoms with Crippen LogP contribution in [0.25, 0.3) is 0 Å². The molecule has 2 rings (SSSR count). The third kappa shape index (κ3) is 4.97. The number of nitrogens with one attached hydrogen (secondary N) is 1. The van der Waals surface area contributed by atoms with E-state index >= 15 is 0 Å². The number of benzene rings is 2. The smallest absolute Gasteiger partial charge is 0.338 e. The molecule has 0 spiro atoms. The minimum atomic E-state index is -0.707. The molecular weight excluding hydrogens is 342 g/mol. The summed E-state index contributed by atoms with van der Waals surface area (Å²) in [5.41, 5.74) is 1.67. The average molecular weight is 362 g/mol. The van der Waals surface area contributed by atoms with Gasteiger partial charge >= 0.3 is 5.97 Å². The Hall–Kier alpha value is -2.53. The lowest BCUT2D eigenvalue weighted by atomic mass is 10.2. The van der Waals surface area contributed by atoms with E-state index < -0.39 is 12.1 Å². The van der Waals surface area contributed by atoms with E-state index in [1.807, 2.05) is 25.1 Å². The second-order valence-corrected chi connectivity index (χ2v) is 5.84. The highest BCUT2D eigenvalue weighted by Gasteiger charge is 2.18. The Labute approximate surface area is 151 Å². The first kappa shape index (κ1) is 18.8. The Balaban J connectivity index is 2.04. The van der Waals surface area contributed by atoms with E-state index in [1.165, 1.54) is 6.07 Å². The molecule has 1 atom stereocenters. The summed E-state index contributed by atoms with van der Waals surface area (Å²) in [6.45, 7) is 5.57. The van der Waals surface area contributed by atoms with Crippen molar-refractivity contribution in [1.29, 1.82) is 0 Å². The Kier molecular flexibility index (Phi) is 6.42. The van der Waals surface area contributed by atoms with Crippen molar-refractivity contribution in [3.8, 4) is 5.75 Å². The van der Waals surface area contributed by atoms with Crippen molar-refractivity contribution in [3.63, 3.8) is 0 Å². The van der Waals surface area contributed by atoms with Crippen LogP contribution in [0.1, 0.15) is 29.8 Å². The third-order valence-corrected chi connectivity index (χ3v) is 3.82. The monoisotopic (exact) mass is 361 g/mol. The molecule has 0 bridgehead atoms. The van der Waals surface area contributed by atoms with Crippen LogP contribution in [-0.2, 0) is 9.53 Å². The Morgan fingerprint density at radius 3 is 2.56 bits per heavy atom. The van der Waals surface area contributed by atoms with Gasteiger partial charge in [0.05, 0.1) is 22.9 Å². The molecule has 132 valence electrons. The third-order valence-electron chi connectivity index (χ3n) is 3.50. The van der Waals surface area contributed by atoms with Gasteiger partial charge in [0, 0.05) is 0 Å². The predicted octanol–water partition coefficient (Wildman–Crippen LogP) is 4.23. The van der Waals surface area contributed by atoms with Crippen LogP contribution in [0, 0.1) is 6.92 Å². The van der Waals surface area contributed by atoms with Crippen LogP contribution in [0.15, 0.2) is 42.5 Å². The number of carbonyl (C=O) groups is 2. The number of esters is 1. The lowest BCUT2D eigenvalue weighted by Crippen LogP contribution is -2.30. The van der Waals surface area contributed by atoms with Gasteiger partial charge in [0.2, 0.25) is 0 Å². The van der Waals surface area contributed by atoms with Crippen LogP contribution in [0.5, 0.6) is 5.75 Å². The van der Waals surface area contributed by atoms with Gasteiger partial charge in [-0.25, -0.2) is 4.79 Å². The van der Waals surface area contributed by atoms with Crippen molar-refractivity contribution in [2.24, 2.45) is 0 Å². The number of anilines is 1. The molecular formula is C19H20ClNO4. The highest BCUT2D eigenvalue weighted by atomic mass is 35.5. The van der Waals surface area contributed by atoms with Crippen LogP contribution in [0.3, 0.4) is 0 Å². The number of hydrogen-bond acceptors (Lipinski definition) is 4. The van der Waals surface area contributed by atoms with Crippen LogP contribution >= 0.6 is 11.6 Å². The number of aryl methyl sites for hydroxylation is 1. The van der Waals surface area contributed by atoms with Gasteiger partial charge in [-0.1, -0.05) is 29.8 Å². The normalized spacial score (nSPS) is 11.5. The molecule has 5 nitrogen and oxygen atoms in total. The van der Waals surface area contributed by atoms with E-state index in [2.05, 4.69) is 5.32 Å². The number of hydrogen-bond donors (Lipinski definition) is 1. The molecule has 0 saturated heterocycles. The fourth-order valence-electron chi connectivity index (χ4n) is 2.12. The van der Waals surface area contributed by atoms with Crippen molar-refractivity contribution in [2.75, 3.05) is 11.9 Å². The van der Waals surface area contributed by atoms with Crippen molar-refractivity contribution in [1.82, 2.24) is 0 Å². The minimum Gasteiger partial charge on any atom is -0.481 e. The van der Waals surface area contributed by atoms with Gasteiger partial charge in [-0.05, 0) is 50.6 Å². The van der Waals surface area contributed by atoms with Crippen LogP contribution in [0.2, 0.25) is 5.02 Å². The summed E-state index contributed by atoms with van der Waals surface area (Å²) in [6.07, 6.45) is -0.707. The number of ether oxygens (including phenoxy) is 2. The van der Waals surface area contributed by atoms with E-state index in [0.717, 1.165) is 5.56 Å². The highest BCUT2D eigenvalue weighted by molar-refractivity contribution is 6.34. The largest absolute Gasteiger partial charge is 0.481 e. The minimum absolute atomic E-state index is 0.252. The Morgan fingerprint density at radius 1 is 1.20 bits per heavy atom. The van der Waals surface area contributed by atoms with E-state index in [1.54, 1.807) is 32.0 Å². The number of carbonyl (C=O) groups excluding carboxylic acids is 2. The van der Waals surface area contributed by atoms with Gasteiger partial charge in [0.15, 0.2) is 6.10 Å². The molecule has 0 fully saturated rings. The first-order chi connectivity index (χ1) is 11.9. The summed E-state index contributed by atoms with van der Waals surface area (Å²) in [5.74, 6) is -0.151. The van der Waals surface area contributed by atoms with Crippen LogP contribution in [-0.4, -0.2) is 24.6 Å². The number of para-hydroxylation sites is 1. The lowest BCUT2D eigenvalue weighted by Gasteiger charge is -2.17. The quantitative estimate of drug-likeness (QED) is 0.782. The van der Waals surface area contributed by atoms with Gasteiger partial charge in [-0.3, -0.25) is 4.79 Å². The van der Waals surface area contributed by atoms with Crippen LogP contribution in [0.4, 0.5) is 5.69 Å². The molecule has 0 aliphatic rings. The van der Waals surface area contributed by atoms with Crippen molar-refractivity contribution < 1.29 is 19.1 Å². The maximum absolute atomic E-state index is 12.3. The highest BCUT2D eigenvalue weighted by Crippen LogP contribution is 2.24. The van der Waals surface area contributed by atoms with Crippen molar-refractivity contribution in [2.45, 2.75) is 26.9 Å². The first-order valence-corrected chi connectivity index (χ1v) is 8.30. The molecule has 6 heteroatoms. The summed E-state index contributed by atoms with van der Waals surface area (Å²) in [6, 6.07) is 12.0. The van der Waals surface area contributed by atoms with Crippen LogP contribution < -0.4 is 10.1 Å².